The highest BCUT2D eigenvalue weighted by atomic mass is 15.3. The fraction of sp³-hybridized carbons (Fsp3) is 0.455. The number of nitrogens with zero attached hydrogens (tertiary/aromatic N) is 4. The number of nitriles is 1. The zero-order valence-electron chi connectivity index (χ0n) is 9.01. The molecule has 0 unspecified atom stereocenters. The van der Waals surface area contributed by atoms with Crippen molar-refractivity contribution in [1.82, 2.24) is 9.88 Å². The monoisotopic (exact) mass is 202 g/mol. The van der Waals surface area contributed by atoms with Crippen LogP contribution in [-0.2, 0) is 0 Å². The largest absolute Gasteiger partial charge is 0.352 e. The smallest absolute Gasteiger partial charge is 0.146 e. The van der Waals surface area contributed by atoms with Gasteiger partial charge in [0.1, 0.15) is 11.9 Å². The second-order valence-corrected chi connectivity index (χ2v) is 4.01. The third kappa shape index (κ3) is 1.79. The number of pyridine rings is 1. The SMILES string of the molecule is CN(C)C1CN(c2ncccc2C#N)C1. The van der Waals surface area contributed by atoms with Crippen molar-refractivity contribution < 1.29 is 0 Å². The Bertz CT molecular complexity index is 388. The van der Waals surface area contributed by atoms with Crippen LogP contribution in [0.15, 0.2) is 18.3 Å². The van der Waals surface area contributed by atoms with Crippen LogP contribution in [0, 0.1) is 11.3 Å². The number of aromatic nitrogens is 1. The molecular weight excluding hydrogens is 188 g/mol. The van der Waals surface area contributed by atoms with E-state index >= 15 is 0 Å². The van der Waals surface area contributed by atoms with Crippen molar-refractivity contribution in [1.29, 1.82) is 5.26 Å². The highest BCUT2D eigenvalue weighted by molar-refractivity contribution is 5.55. The Morgan fingerprint density at radius 2 is 2.27 bits per heavy atom. The Kier molecular flexibility index (Phi) is 2.57. The van der Waals surface area contributed by atoms with Gasteiger partial charge < -0.3 is 9.80 Å². The van der Waals surface area contributed by atoms with Gasteiger partial charge in [0, 0.05) is 25.3 Å². The van der Waals surface area contributed by atoms with E-state index < -0.39 is 0 Å². The van der Waals surface area contributed by atoms with Crippen LogP contribution in [0.4, 0.5) is 5.82 Å². The molecule has 2 heterocycles. The quantitative estimate of drug-likeness (QED) is 0.708. The molecule has 4 nitrogen and oxygen atoms in total. The zero-order valence-corrected chi connectivity index (χ0v) is 9.01. The van der Waals surface area contributed by atoms with Gasteiger partial charge in [-0.25, -0.2) is 4.98 Å². The van der Waals surface area contributed by atoms with E-state index in [1.54, 1.807) is 12.3 Å². The van der Waals surface area contributed by atoms with Gasteiger partial charge in [0.05, 0.1) is 5.56 Å². The first kappa shape index (κ1) is 9.94. The molecule has 1 saturated heterocycles. The molecule has 78 valence electrons. The summed E-state index contributed by atoms with van der Waals surface area (Å²) in [5.74, 6) is 0.818. The van der Waals surface area contributed by atoms with E-state index in [2.05, 4.69) is 34.9 Å². The molecule has 2 rings (SSSR count). The number of rotatable bonds is 2. The lowest BCUT2D eigenvalue weighted by atomic mass is 10.1. The molecule has 0 aromatic carbocycles. The lowest BCUT2D eigenvalue weighted by Gasteiger charge is -2.43. The molecule has 0 N–H and O–H groups in total. The Morgan fingerprint density at radius 1 is 1.53 bits per heavy atom. The number of anilines is 1. The lowest BCUT2D eigenvalue weighted by molar-refractivity contribution is 0.246. The molecule has 0 bridgehead atoms. The summed E-state index contributed by atoms with van der Waals surface area (Å²) >= 11 is 0. The molecule has 15 heavy (non-hydrogen) atoms. The minimum atomic E-state index is 0.582. The summed E-state index contributed by atoms with van der Waals surface area (Å²) in [4.78, 5) is 8.59. The van der Waals surface area contributed by atoms with Crippen LogP contribution in [-0.4, -0.2) is 43.1 Å². The van der Waals surface area contributed by atoms with E-state index in [0.717, 1.165) is 18.9 Å². The van der Waals surface area contributed by atoms with Gasteiger partial charge in [0.15, 0.2) is 0 Å². The molecule has 0 spiro atoms. The van der Waals surface area contributed by atoms with E-state index in [4.69, 9.17) is 5.26 Å². The zero-order chi connectivity index (χ0) is 10.8. The van der Waals surface area contributed by atoms with Gasteiger partial charge in [-0.1, -0.05) is 0 Å². The van der Waals surface area contributed by atoms with E-state index in [0.29, 0.717) is 11.6 Å². The summed E-state index contributed by atoms with van der Waals surface area (Å²) in [6.45, 7) is 1.91. The second-order valence-electron chi connectivity index (χ2n) is 4.01. The van der Waals surface area contributed by atoms with E-state index in [-0.39, 0.29) is 0 Å². The van der Waals surface area contributed by atoms with E-state index in [9.17, 15) is 0 Å². The van der Waals surface area contributed by atoms with Crippen LogP contribution in [0.5, 0.6) is 0 Å². The maximum absolute atomic E-state index is 8.93. The molecular formula is C11H14N4. The van der Waals surface area contributed by atoms with Crippen molar-refractivity contribution in [2.45, 2.75) is 6.04 Å². The van der Waals surface area contributed by atoms with Crippen molar-refractivity contribution in [2.24, 2.45) is 0 Å². The average molecular weight is 202 g/mol. The Labute approximate surface area is 89.7 Å². The van der Waals surface area contributed by atoms with Crippen LogP contribution in [0.25, 0.3) is 0 Å². The first-order valence-corrected chi connectivity index (χ1v) is 4.99. The topological polar surface area (TPSA) is 43.2 Å². The maximum atomic E-state index is 8.93. The molecule has 0 amide bonds. The summed E-state index contributed by atoms with van der Waals surface area (Å²) in [6.07, 6.45) is 1.74. The van der Waals surface area contributed by atoms with Gasteiger partial charge in [-0.05, 0) is 26.2 Å². The van der Waals surface area contributed by atoms with Crippen LogP contribution in [0.1, 0.15) is 5.56 Å². The molecule has 0 saturated carbocycles. The molecule has 1 aromatic heterocycles. The van der Waals surface area contributed by atoms with E-state index in [1.165, 1.54) is 0 Å². The fourth-order valence-corrected chi connectivity index (χ4v) is 1.69. The Hall–Kier alpha value is -1.60. The second kappa shape index (κ2) is 3.87. The molecule has 1 fully saturated rings. The summed E-state index contributed by atoms with van der Waals surface area (Å²) in [5, 5.41) is 8.93. The van der Waals surface area contributed by atoms with Gasteiger partial charge in [-0.2, -0.15) is 5.26 Å². The Balaban J connectivity index is 2.10. The number of hydrogen-bond donors (Lipinski definition) is 0. The first-order chi connectivity index (χ1) is 7.22. The van der Waals surface area contributed by atoms with Crippen molar-refractivity contribution in [3.05, 3.63) is 23.9 Å². The third-order valence-corrected chi connectivity index (χ3v) is 2.80. The number of hydrogen-bond acceptors (Lipinski definition) is 4. The molecule has 0 atom stereocenters. The minimum Gasteiger partial charge on any atom is -0.352 e. The van der Waals surface area contributed by atoms with Crippen molar-refractivity contribution in [2.75, 3.05) is 32.1 Å². The molecule has 1 aliphatic rings. The fourth-order valence-electron chi connectivity index (χ4n) is 1.69. The molecule has 0 radical (unpaired) electrons. The summed E-state index contributed by atoms with van der Waals surface area (Å²) in [5.41, 5.74) is 0.662. The van der Waals surface area contributed by atoms with Crippen LogP contribution < -0.4 is 4.90 Å². The van der Waals surface area contributed by atoms with Gasteiger partial charge in [-0.15, -0.1) is 0 Å². The highest BCUT2D eigenvalue weighted by Gasteiger charge is 2.30. The molecule has 0 aliphatic carbocycles. The minimum absolute atomic E-state index is 0.582. The van der Waals surface area contributed by atoms with Crippen LogP contribution in [0.2, 0.25) is 0 Å². The van der Waals surface area contributed by atoms with Crippen molar-refractivity contribution in [3.63, 3.8) is 0 Å². The average Bonchev–Trinajstić information content (AvgIpc) is 2.15. The van der Waals surface area contributed by atoms with Gasteiger partial charge in [0.25, 0.3) is 0 Å². The molecule has 1 aliphatic heterocycles. The van der Waals surface area contributed by atoms with Gasteiger partial charge in [-0.3, -0.25) is 0 Å². The summed E-state index contributed by atoms with van der Waals surface area (Å²) < 4.78 is 0. The van der Waals surface area contributed by atoms with Crippen LogP contribution in [0.3, 0.4) is 0 Å². The first-order valence-electron chi connectivity index (χ1n) is 4.99. The van der Waals surface area contributed by atoms with E-state index in [1.807, 2.05) is 6.07 Å². The summed E-state index contributed by atoms with van der Waals surface area (Å²) in [6, 6.07) is 6.36. The third-order valence-electron chi connectivity index (χ3n) is 2.80. The van der Waals surface area contributed by atoms with Crippen molar-refractivity contribution in [3.8, 4) is 6.07 Å². The van der Waals surface area contributed by atoms with Crippen LogP contribution >= 0.6 is 0 Å². The normalized spacial score (nSPS) is 16.3. The highest BCUT2D eigenvalue weighted by Crippen LogP contribution is 2.23. The molecule has 4 heteroatoms. The Morgan fingerprint density at radius 3 is 2.87 bits per heavy atom. The maximum Gasteiger partial charge on any atom is 0.146 e. The predicted molar refractivity (Wildman–Crippen MR) is 58.6 cm³/mol. The van der Waals surface area contributed by atoms with Gasteiger partial charge >= 0.3 is 0 Å². The van der Waals surface area contributed by atoms with Crippen molar-refractivity contribution >= 4 is 5.82 Å². The number of likely N-dealkylation sites (N-methyl/N-ethyl adjacent to an activating group) is 1. The van der Waals surface area contributed by atoms with Gasteiger partial charge in [0.2, 0.25) is 0 Å². The standard InChI is InChI=1S/C11H14N4/c1-14(2)10-7-15(8-10)11-9(6-12)4-3-5-13-11/h3-5,10H,7-8H2,1-2H3. The molecule has 1 aromatic rings. The predicted octanol–water partition coefficient (Wildman–Crippen LogP) is 0.703. The lowest BCUT2D eigenvalue weighted by Crippen LogP contribution is -2.57. The summed E-state index contributed by atoms with van der Waals surface area (Å²) in [7, 11) is 4.15.